The van der Waals surface area contributed by atoms with Crippen molar-refractivity contribution in [2.75, 3.05) is 11.9 Å². The maximum Gasteiger partial charge on any atom is 0.101 e. The average Bonchev–Trinajstić information content (AvgIpc) is 2.20. The van der Waals surface area contributed by atoms with Crippen molar-refractivity contribution in [3.8, 4) is 18.4 Å². The van der Waals surface area contributed by atoms with E-state index in [1.807, 2.05) is 12.1 Å². The summed E-state index contributed by atoms with van der Waals surface area (Å²) in [5.74, 6) is 2.53. The standard InChI is InChI=1S/C11H9BrN2/c1-2-3-6-14-11-5-4-10(12)7-9(11)8-13/h1,4-5,7,14H,3,6H2. The smallest absolute Gasteiger partial charge is 0.101 e. The topological polar surface area (TPSA) is 35.8 Å². The van der Waals surface area contributed by atoms with Gasteiger partial charge in [-0.2, -0.15) is 5.26 Å². The van der Waals surface area contributed by atoms with Crippen molar-refractivity contribution in [2.24, 2.45) is 0 Å². The highest BCUT2D eigenvalue weighted by Gasteiger charge is 2.00. The summed E-state index contributed by atoms with van der Waals surface area (Å²) in [7, 11) is 0. The summed E-state index contributed by atoms with van der Waals surface area (Å²) in [6.07, 6.45) is 5.78. The van der Waals surface area contributed by atoms with Gasteiger partial charge in [0.2, 0.25) is 0 Å². The van der Waals surface area contributed by atoms with Gasteiger partial charge >= 0.3 is 0 Å². The van der Waals surface area contributed by atoms with Crippen LogP contribution in [-0.2, 0) is 0 Å². The fourth-order valence-electron chi connectivity index (χ4n) is 1.03. The fourth-order valence-corrected chi connectivity index (χ4v) is 1.39. The van der Waals surface area contributed by atoms with Gasteiger partial charge in [-0.25, -0.2) is 0 Å². The van der Waals surface area contributed by atoms with Crippen LogP contribution in [0.25, 0.3) is 0 Å². The number of nitrogens with one attached hydrogen (secondary N) is 1. The normalized spacial score (nSPS) is 8.79. The van der Waals surface area contributed by atoms with Gasteiger partial charge in [0.05, 0.1) is 11.3 Å². The predicted octanol–water partition coefficient (Wildman–Crippen LogP) is 2.76. The molecule has 1 N–H and O–H groups in total. The Labute approximate surface area is 92.1 Å². The minimum absolute atomic E-state index is 0.622. The number of nitriles is 1. The lowest BCUT2D eigenvalue weighted by Crippen LogP contribution is -2.01. The van der Waals surface area contributed by atoms with Gasteiger partial charge in [-0.3, -0.25) is 0 Å². The van der Waals surface area contributed by atoms with E-state index in [1.165, 1.54) is 0 Å². The summed E-state index contributed by atoms with van der Waals surface area (Å²) in [6.45, 7) is 0.687. The molecule has 14 heavy (non-hydrogen) atoms. The SMILES string of the molecule is C#CCCNc1ccc(Br)cc1C#N. The summed E-state index contributed by atoms with van der Waals surface area (Å²) >= 11 is 3.31. The van der Waals surface area contributed by atoms with Crippen LogP contribution in [-0.4, -0.2) is 6.54 Å². The number of benzene rings is 1. The summed E-state index contributed by atoms with van der Waals surface area (Å²) in [6, 6.07) is 7.64. The lowest BCUT2D eigenvalue weighted by molar-refractivity contribution is 1.10. The lowest BCUT2D eigenvalue weighted by atomic mass is 10.2. The molecule has 0 aliphatic carbocycles. The minimum atomic E-state index is 0.622. The average molecular weight is 249 g/mol. The number of hydrogen-bond acceptors (Lipinski definition) is 2. The molecule has 1 rings (SSSR count). The molecule has 0 unspecified atom stereocenters. The summed E-state index contributed by atoms with van der Waals surface area (Å²) in [5, 5.41) is 12.0. The van der Waals surface area contributed by atoms with Crippen LogP contribution in [0.3, 0.4) is 0 Å². The highest BCUT2D eigenvalue weighted by Crippen LogP contribution is 2.19. The van der Waals surface area contributed by atoms with E-state index in [1.54, 1.807) is 6.07 Å². The predicted molar refractivity (Wildman–Crippen MR) is 60.8 cm³/mol. The van der Waals surface area contributed by atoms with E-state index in [9.17, 15) is 0 Å². The van der Waals surface area contributed by atoms with Crippen molar-refractivity contribution in [1.82, 2.24) is 0 Å². The molecule has 0 aromatic heterocycles. The molecule has 0 aliphatic heterocycles. The second kappa shape index (κ2) is 5.32. The highest BCUT2D eigenvalue weighted by atomic mass is 79.9. The van der Waals surface area contributed by atoms with E-state index in [2.05, 4.69) is 33.2 Å². The Hall–Kier alpha value is -1.45. The van der Waals surface area contributed by atoms with Crippen LogP contribution in [0.15, 0.2) is 22.7 Å². The van der Waals surface area contributed by atoms with Crippen LogP contribution >= 0.6 is 15.9 Å². The molecule has 0 aliphatic rings. The molecule has 0 atom stereocenters. The van der Waals surface area contributed by atoms with Gasteiger partial charge in [0.15, 0.2) is 0 Å². The molecule has 0 saturated heterocycles. The van der Waals surface area contributed by atoms with Crippen molar-refractivity contribution >= 4 is 21.6 Å². The molecule has 0 amide bonds. The quantitative estimate of drug-likeness (QED) is 0.660. The third-order valence-corrected chi connectivity index (χ3v) is 2.18. The molecule has 0 heterocycles. The van der Waals surface area contributed by atoms with Crippen LogP contribution < -0.4 is 5.32 Å². The van der Waals surface area contributed by atoms with Gasteiger partial charge in [-0.1, -0.05) is 15.9 Å². The van der Waals surface area contributed by atoms with Crippen molar-refractivity contribution in [3.63, 3.8) is 0 Å². The van der Waals surface area contributed by atoms with Gasteiger partial charge in [-0.05, 0) is 18.2 Å². The molecule has 0 fully saturated rings. The molecular weight excluding hydrogens is 240 g/mol. The number of rotatable bonds is 3. The second-order valence-corrected chi connectivity index (χ2v) is 3.60. The van der Waals surface area contributed by atoms with Crippen LogP contribution in [0.5, 0.6) is 0 Å². The van der Waals surface area contributed by atoms with Gasteiger partial charge in [0, 0.05) is 17.4 Å². The maximum absolute atomic E-state index is 8.85. The molecule has 0 saturated carbocycles. The number of anilines is 1. The zero-order valence-electron chi connectivity index (χ0n) is 7.55. The lowest BCUT2D eigenvalue weighted by Gasteiger charge is -2.06. The maximum atomic E-state index is 8.85. The van der Waals surface area contributed by atoms with Crippen molar-refractivity contribution < 1.29 is 0 Å². The summed E-state index contributed by atoms with van der Waals surface area (Å²) in [5.41, 5.74) is 1.45. The number of nitrogens with zero attached hydrogens (tertiary/aromatic N) is 1. The summed E-state index contributed by atoms with van der Waals surface area (Å²) in [4.78, 5) is 0. The Morgan fingerprint density at radius 1 is 1.50 bits per heavy atom. The van der Waals surface area contributed by atoms with E-state index in [0.29, 0.717) is 18.5 Å². The third kappa shape index (κ3) is 2.80. The van der Waals surface area contributed by atoms with Crippen LogP contribution in [0.4, 0.5) is 5.69 Å². The first-order valence-electron chi connectivity index (χ1n) is 4.15. The monoisotopic (exact) mass is 248 g/mol. The van der Waals surface area contributed by atoms with E-state index >= 15 is 0 Å². The van der Waals surface area contributed by atoms with Crippen LogP contribution in [0.1, 0.15) is 12.0 Å². The number of terminal acetylenes is 1. The van der Waals surface area contributed by atoms with Crippen LogP contribution in [0, 0.1) is 23.7 Å². The first-order chi connectivity index (χ1) is 6.77. The molecule has 2 nitrogen and oxygen atoms in total. The Morgan fingerprint density at radius 2 is 2.29 bits per heavy atom. The molecule has 0 spiro atoms. The number of hydrogen-bond donors (Lipinski definition) is 1. The molecule has 0 radical (unpaired) electrons. The molecule has 1 aromatic carbocycles. The Balaban J connectivity index is 2.78. The second-order valence-electron chi connectivity index (χ2n) is 2.68. The molecule has 70 valence electrons. The molecule has 0 bridgehead atoms. The van der Waals surface area contributed by atoms with Crippen LogP contribution in [0.2, 0.25) is 0 Å². The van der Waals surface area contributed by atoms with E-state index in [-0.39, 0.29) is 0 Å². The fraction of sp³-hybridized carbons (Fsp3) is 0.182. The molecule has 1 aromatic rings. The van der Waals surface area contributed by atoms with Gasteiger partial charge in [0.1, 0.15) is 6.07 Å². The summed E-state index contributed by atoms with van der Waals surface area (Å²) < 4.78 is 0.900. The number of halogens is 1. The Morgan fingerprint density at radius 3 is 2.93 bits per heavy atom. The first kappa shape index (κ1) is 10.6. The molecular formula is C11H9BrN2. The largest absolute Gasteiger partial charge is 0.383 e. The first-order valence-corrected chi connectivity index (χ1v) is 4.94. The van der Waals surface area contributed by atoms with Gasteiger partial charge < -0.3 is 5.32 Å². The van der Waals surface area contributed by atoms with E-state index in [0.717, 1.165) is 10.2 Å². The van der Waals surface area contributed by atoms with Crippen molar-refractivity contribution in [2.45, 2.75) is 6.42 Å². The minimum Gasteiger partial charge on any atom is -0.383 e. The third-order valence-electron chi connectivity index (χ3n) is 1.69. The Kier molecular flexibility index (Phi) is 4.04. The van der Waals surface area contributed by atoms with Crippen molar-refractivity contribution in [3.05, 3.63) is 28.2 Å². The molecule has 3 heteroatoms. The Bertz CT molecular complexity index is 399. The van der Waals surface area contributed by atoms with Gasteiger partial charge in [0.25, 0.3) is 0 Å². The van der Waals surface area contributed by atoms with Crippen molar-refractivity contribution in [1.29, 1.82) is 5.26 Å². The van der Waals surface area contributed by atoms with E-state index in [4.69, 9.17) is 11.7 Å². The van der Waals surface area contributed by atoms with E-state index < -0.39 is 0 Å². The van der Waals surface area contributed by atoms with Gasteiger partial charge in [-0.15, -0.1) is 12.3 Å². The highest BCUT2D eigenvalue weighted by molar-refractivity contribution is 9.10. The zero-order valence-corrected chi connectivity index (χ0v) is 9.13. The zero-order chi connectivity index (χ0) is 10.4.